The van der Waals surface area contributed by atoms with Gasteiger partial charge in [-0.1, -0.05) is 12.1 Å². The molecule has 96 valence electrons. The van der Waals surface area contributed by atoms with Gasteiger partial charge in [0.1, 0.15) is 5.75 Å². The number of nitrogens with one attached hydrogen (secondary N) is 1. The lowest BCUT2D eigenvalue weighted by Crippen LogP contribution is -2.28. The second-order valence-electron chi connectivity index (χ2n) is 5.01. The van der Waals surface area contributed by atoms with Crippen LogP contribution in [0.25, 0.3) is 0 Å². The summed E-state index contributed by atoms with van der Waals surface area (Å²) in [5.74, 6) is 0.874. The molecule has 0 aliphatic rings. The zero-order valence-electron chi connectivity index (χ0n) is 11.2. The fraction of sp³-hybridized carbons (Fsp3) is 0.571. The minimum Gasteiger partial charge on any atom is -0.497 e. The van der Waals surface area contributed by atoms with Crippen molar-refractivity contribution in [2.24, 2.45) is 0 Å². The average Bonchev–Trinajstić information content (AvgIpc) is 2.27. The van der Waals surface area contributed by atoms with E-state index in [4.69, 9.17) is 4.74 Å². The Morgan fingerprint density at radius 1 is 1.41 bits per heavy atom. The van der Waals surface area contributed by atoms with E-state index < -0.39 is 5.60 Å². The maximum atomic E-state index is 9.62. The summed E-state index contributed by atoms with van der Waals surface area (Å²) in [4.78, 5) is 0. The molecule has 0 spiro atoms. The van der Waals surface area contributed by atoms with Crippen LogP contribution in [0.1, 0.15) is 38.8 Å². The van der Waals surface area contributed by atoms with E-state index in [1.807, 2.05) is 32.0 Å². The fourth-order valence-corrected chi connectivity index (χ4v) is 1.62. The molecule has 0 heterocycles. The zero-order chi connectivity index (χ0) is 12.9. The molecule has 0 fully saturated rings. The van der Waals surface area contributed by atoms with Crippen molar-refractivity contribution >= 4 is 0 Å². The highest BCUT2D eigenvalue weighted by Gasteiger charge is 2.13. The van der Waals surface area contributed by atoms with Gasteiger partial charge in [-0.05, 0) is 51.4 Å². The van der Waals surface area contributed by atoms with Crippen molar-refractivity contribution in [3.05, 3.63) is 29.8 Å². The number of aliphatic hydroxyl groups is 1. The van der Waals surface area contributed by atoms with Gasteiger partial charge in [0.05, 0.1) is 12.7 Å². The molecule has 0 aliphatic heterocycles. The number of rotatable bonds is 6. The molecule has 0 aliphatic carbocycles. The first-order valence-electron chi connectivity index (χ1n) is 6.02. The van der Waals surface area contributed by atoms with Crippen LogP contribution in [0, 0.1) is 0 Å². The van der Waals surface area contributed by atoms with E-state index in [-0.39, 0.29) is 6.04 Å². The van der Waals surface area contributed by atoms with E-state index in [0.29, 0.717) is 0 Å². The summed E-state index contributed by atoms with van der Waals surface area (Å²) in [6, 6.07) is 8.29. The number of methoxy groups -OCH3 is 1. The van der Waals surface area contributed by atoms with Crippen LogP contribution >= 0.6 is 0 Å². The van der Waals surface area contributed by atoms with E-state index >= 15 is 0 Å². The minimum absolute atomic E-state index is 0.257. The van der Waals surface area contributed by atoms with Crippen LogP contribution in [0.3, 0.4) is 0 Å². The monoisotopic (exact) mass is 237 g/mol. The molecule has 0 bridgehead atoms. The smallest absolute Gasteiger partial charge is 0.119 e. The Hall–Kier alpha value is -1.06. The van der Waals surface area contributed by atoms with Crippen LogP contribution < -0.4 is 10.1 Å². The lowest BCUT2D eigenvalue weighted by Gasteiger charge is -2.20. The van der Waals surface area contributed by atoms with Crippen LogP contribution in [0.15, 0.2) is 24.3 Å². The standard InChI is InChI=1S/C14H23NO2/c1-11(15-9-8-14(2,3)16)12-6-5-7-13(10-12)17-4/h5-7,10-11,15-16H,8-9H2,1-4H3/t11-/m0/s1. The van der Waals surface area contributed by atoms with E-state index in [0.717, 1.165) is 18.7 Å². The maximum Gasteiger partial charge on any atom is 0.119 e. The van der Waals surface area contributed by atoms with Crippen molar-refractivity contribution in [1.82, 2.24) is 5.32 Å². The molecule has 0 radical (unpaired) electrons. The van der Waals surface area contributed by atoms with E-state index in [1.165, 1.54) is 5.56 Å². The Kier molecular flexibility index (Phi) is 4.97. The first-order chi connectivity index (χ1) is 7.92. The van der Waals surface area contributed by atoms with Crippen LogP contribution in [-0.4, -0.2) is 24.4 Å². The Balaban J connectivity index is 2.49. The fourth-order valence-electron chi connectivity index (χ4n) is 1.62. The summed E-state index contributed by atoms with van der Waals surface area (Å²) in [5.41, 5.74) is 0.585. The summed E-state index contributed by atoms with van der Waals surface area (Å²) in [6.45, 7) is 6.55. The molecule has 1 rings (SSSR count). The van der Waals surface area contributed by atoms with Gasteiger partial charge in [-0.3, -0.25) is 0 Å². The molecule has 1 aromatic rings. The predicted octanol–water partition coefficient (Wildman–Crippen LogP) is 2.51. The van der Waals surface area contributed by atoms with Gasteiger partial charge in [-0.15, -0.1) is 0 Å². The highest BCUT2D eigenvalue weighted by Crippen LogP contribution is 2.19. The summed E-state index contributed by atoms with van der Waals surface area (Å²) in [5, 5.41) is 13.0. The number of ether oxygens (including phenoxy) is 1. The van der Waals surface area contributed by atoms with Gasteiger partial charge in [-0.25, -0.2) is 0 Å². The van der Waals surface area contributed by atoms with Crippen LogP contribution in [0.4, 0.5) is 0 Å². The molecule has 0 saturated heterocycles. The summed E-state index contributed by atoms with van der Waals surface area (Å²) in [7, 11) is 1.67. The third-order valence-corrected chi connectivity index (χ3v) is 2.78. The Bertz CT molecular complexity index is 344. The molecule has 17 heavy (non-hydrogen) atoms. The maximum absolute atomic E-state index is 9.62. The lowest BCUT2D eigenvalue weighted by atomic mass is 10.0. The van der Waals surface area contributed by atoms with Crippen molar-refractivity contribution in [3.63, 3.8) is 0 Å². The number of benzene rings is 1. The van der Waals surface area contributed by atoms with E-state index in [2.05, 4.69) is 18.3 Å². The molecule has 1 atom stereocenters. The molecule has 3 heteroatoms. The first kappa shape index (κ1) is 14.0. The van der Waals surface area contributed by atoms with Crippen LogP contribution in [0.2, 0.25) is 0 Å². The molecule has 0 unspecified atom stereocenters. The Labute approximate surface area is 104 Å². The van der Waals surface area contributed by atoms with Gasteiger partial charge in [-0.2, -0.15) is 0 Å². The quantitative estimate of drug-likeness (QED) is 0.798. The molecule has 0 amide bonds. The molecule has 2 N–H and O–H groups in total. The van der Waals surface area contributed by atoms with Crippen molar-refractivity contribution < 1.29 is 9.84 Å². The Morgan fingerprint density at radius 2 is 2.12 bits per heavy atom. The van der Waals surface area contributed by atoms with Crippen molar-refractivity contribution in [2.45, 2.75) is 38.8 Å². The highest BCUT2D eigenvalue weighted by atomic mass is 16.5. The summed E-state index contributed by atoms with van der Waals surface area (Å²) < 4.78 is 5.20. The molecular weight excluding hydrogens is 214 g/mol. The van der Waals surface area contributed by atoms with Crippen molar-refractivity contribution in [1.29, 1.82) is 0 Å². The summed E-state index contributed by atoms with van der Waals surface area (Å²) in [6.07, 6.45) is 0.737. The third kappa shape index (κ3) is 5.20. The highest BCUT2D eigenvalue weighted by molar-refractivity contribution is 5.30. The van der Waals surface area contributed by atoms with Gasteiger partial charge in [0.15, 0.2) is 0 Å². The van der Waals surface area contributed by atoms with Crippen LogP contribution in [0.5, 0.6) is 5.75 Å². The van der Waals surface area contributed by atoms with Gasteiger partial charge in [0.2, 0.25) is 0 Å². The second-order valence-corrected chi connectivity index (χ2v) is 5.01. The molecule has 1 aromatic carbocycles. The first-order valence-corrected chi connectivity index (χ1v) is 6.02. The van der Waals surface area contributed by atoms with Crippen molar-refractivity contribution in [2.75, 3.05) is 13.7 Å². The van der Waals surface area contributed by atoms with Gasteiger partial charge in [0.25, 0.3) is 0 Å². The van der Waals surface area contributed by atoms with E-state index in [1.54, 1.807) is 7.11 Å². The average molecular weight is 237 g/mol. The van der Waals surface area contributed by atoms with Crippen LogP contribution in [-0.2, 0) is 0 Å². The van der Waals surface area contributed by atoms with Gasteiger partial charge < -0.3 is 15.2 Å². The zero-order valence-corrected chi connectivity index (χ0v) is 11.2. The minimum atomic E-state index is -0.610. The second kappa shape index (κ2) is 6.03. The van der Waals surface area contributed by atoms with E-state index in [9.17, 15) is 5.11 Å². The molecule has 0 aromatic heterocycles. The van der Waals surface area contributed by atoms with Gasteiger partial charge >= 0.3 is 0 Å². The molecule has 0 saturated carbocycles. The normalized spacial score (nSPS) is 13.5. The lowest BCUT2D eigenvalue weighted by molar-refractivity contribution is 0.0705. The molecule has 3 nitrogen and oxygen atoms in total. The van der Waals surface area contributed by atoms with Gasteiger partial charge in [0, 0.05) is 6.04 Å². The van der Waals surface area contributed by atoms with Crippen molar-refractivity contribution in [3.8, 4) is 5.75 Å². The molecular formula is C14H23NO2. The topological polar surface area (TPSA) is 41.5 Å². The predicted molar refractivity (Wildman–Crippen MR) is 70.3 cm³/mol. The number of hydrogen-bond acceptors (Lipinski definition) is 3. The SMILES string of the molecule is COc1cccc([C@H](C)NCCC(C)(C)O)c1. The Morgan fingerprint density at radius 3 is 2.71 bits per heavy atom. The third-order valence-electron chi connectivity index (χ3n) is 2.78. The summed E-state index contributed by atoms with van der Waals surface area (Å²) >= 11 is 0. The largest absolute Gasteiger partial charge is 0.497 e. The number of hydrogen-bond donors (Lipinski definition) is 2.